The number of benzene rings is 1. The number of alkyl halides is 3. The Hall–Kier alpha value is -3.22. The third-order valence-corrected chi connectivity index (χ3v) is 6.07. The van der Waals surface area contributed by atoms with Crippen LogP contribution in [0.4, 0.5) is 23.2 Å². The van der Waals surface area contributed by atoms with Gasteiger partial charge in [-0.3, -0.25) is 19.7 Å². The Morgan fingerprint density at radius 2 is 1.76 bits per heavy atom. The number of carbonyl (C=O) groups excluding carboxylic acids is 3. The standard InChI is InChI=1S/C19H23FN4O3.C2HF3O2/c20-14-9-12(24-10-19(11-24)5-7-21-8-6-19)1-2-13(14)17(26)22-15-3-4-16(25)23-18(15)27;3-2(4,5)1(6)7/h1-2,9,15,21H,3-8,10-11H2,(H,22,26)(H,23,25,27);(H,6,7). The predicted molar refractivity (Wildman–Crippen MR) is 110 cm³/mol. The van der Waals surface area contributed by atoms with E-state index in [0.29, 0.717) is 5.41 Å². The van der Waals surface area contributed by atoms with Gasteiger partial charge in [0.2, 0.25) is 11.8 Å². The van der Waals surface area contributed by atoms with Crippen LogP contribution in [0, 0.1) is 11.2 Å². The maximum atomic E-state index is 14.5. The number of halogens is 4. The molecule has 13 heteroatoms. The van der Waals surface area contributed by atoms with Crippen LogP contribution >= 0.6 is 0 Å². The van der Waals surface area contributed by atoms with Gasteiger partial charge in [-0.15, -0.1) is 0 Å². The second-order valence-corrected chi connectivity index (χ2v) is 8.55. The second-order valence-electron chi connectivity index (χ2n) is 8.55. The zero-order chi connectivity index (χ0) is 25.1. The van der Waals surface area contributed by atoms with E-state index in [0.717, 1.165) is 44.7 Å². The number of rotatable bonds is 3. The Balaban J connectivity index is 0.000000406. The lowest BCUT2D eigenvalue weighted by Crippen LogP contribution is -2.60. The number of carbonyl (C=O) groups is 4. The molecule has 3 aliphatic rings. The summed E-state index contributed by atoms with van der Waals surface area (Å²) in [5.74, 6) is -4.92. The highest BCUT2D eigenvalue weighted by atomic mass is 19.4. The van der Waals surface area contributed by atoms with Crippen LogP contribution in [0.2, 0.25) is 0 Å². The molecule has 1 aromatic rings. The minimum atomic E-state index is -5.08. The molecule has 1 atom stereocenters. The number of hydrogen-bond acceptors (Lipinski definition) is 6. The quantitative estimate of drug-likeness (QED) is 0.372. The molecule has 0 bridgehead atoms. The van der Waals surface area contributed by atoms with E-state index >= 15 is 0 Å². The van der Waals surface area contributed by atoms with E-state index in [1.807, 2.05) is 0 Å². The highest BCUT2D eigenvalue weighted by molar-refractivity contribution is 6.03. The van der Waals surface area contributed by atoms with E-state index in [1.165, 1.54) is 12.1 Å². The molecule has 3 saturated heterocycles. The molecule has 1 unspecified atom stereocenters. The summed E-state index contributed by atoms with van der Waals surface area (Å²) in [6.07, 6.45) is -2.43. The number of hydrogen-bond donors (Lipinski definition) is 4. The van der Waals surface area contributed by atoms with Crippen molar-refractivity contribution in [3.8, 4) is 0 Å². The lowest BCUT2D eigenvalue weighted by atomic mass is 9.72. The van der Waals surface area contributed by atoms with Gasteiger partial charge in [-0.25, -0.2) is 9.18 Å². The van der Waals surface area contributed by atoms with Crippen molar-refractivity contribution in [3.63, 3.8) is 0 Å². The van der Waals surface area contributed by atoms with Crippen LogP contribution in [0.25, 0.3) is 0 Å². The van der Waals surface area contributed by atoms with Gasteiger partial charge in [-0.05, 0) is 50.6 Å². The van der Waals surface area contributed by atoms with Gasteiger partial charge in [0.25, 0.3) is 5.91 Å². The van der Waals surface area contributed by atoms with Crippen LogP contribution in [0.1, 0.15) is 36.0 Å². The van der Waals surface area contributed by atoms with Crippen LogP contribution in [-0.4, -0.2) is 67.2 Å². The molecule has 4 N–H and O–H groups in total. The lowest BCUT2D eigenvalue weighted by molar-refractivity contribution is -0.192. The van der Waals surface area contributed by atoms with Crippen molar-refractivity contribution in [3.05, 3.63) is 29.6 Å². The van der Waals surface area contributed by atoms with Crippen molar-refractivity contribution >= 4 is 29.4 Å². The van der Waals surface area contributed by atoms with Gasteiger partial charge in [-0.1, -0.05) is 0 Å². The van der Waals surface area contributed by atoms with E-state index in [1.54, 1.807) is 6.07 Å². The maximum absolute atomic E-state index is 14.5. The van der Waals surface area contributed by atoms with Crippen LogP contribution in [0.15, 0.2) is 18.2 Å². The van der Waals surface area contributed by atoms with Gasteiger partial charge in [0, 0.05) is 30.6 Å². The average molecular weight is 488 g/mol. The number of nitrogens with one attached hydrogen (secondary N) is 3. The van der Waals surface area contributed by atoms with Crippen LogP contribution < -0.4 is 20.9 Å². The Morgan fingerprint density at radius 1 is 1.15 bits per heavy atom. The lowest BCUT2D eigenvalue weighted by Gasteiger charge is -2.53. The van der Waals surface area contributed by atoms with E-state index in [2.05, 4.69) is 20.9 Å². The van der Waals surface area contributed by atoms with Crippen molar-refractivity contribution in [1.82, 2.24) is 16.0 Å². The average Bonchev–Trinajstić information content (AvgIpc) is 2.74. The van der Waals surface area contributed by atoms with Gasteiger partial charge >= 0.3 is 12.1 Å². The number of carboxylic acid groups (broad SMARTS) is 1. The molecule has 3 heterocycles. The van der Waals surface area contributed by atoms with E-state index < -0.39 is 35.8 Å². The maximum Gasteiger partial charge on any atom is 0.490 e. The summed E-state index contributed by atoms with van der Waals surface area (Å²) in [5.41, 5.74) is 1.01. The van der Waals surface area contributed by atoms with Gasteiger partial charge in [0.05, 0.1) is 5.56 Å². The Labute approximate surface area is 191 Å². The van der Waals surface area contributed by atoms with Crippen molar-refractivity contribution in [2.24, 2.45) is 5.41 Å². The summed E-state index contributed by atoms with van der Waals surface area (Å²) in [7, 11) is 0. The first-order valence-corrected chi connectivity index (χ1v) is 10.6. The minimum absolute atomic E-state index is 0.0967. The Kier molecular flexibility index (Phi) is 7.44. The zero-order valence-electron chi connectivity index (χ0n) is 18.0. The third kappa shape index (κ3) is 6.01. The monoisotopic (exact) mass is 488 g/mol. The molecule has 0 aliphatic carbocycles. The molecule has 3 amide bonds. The third-order valence-electron chi connectivity index (χ3n) is 6.07. The van der Waals surface area contributed by atoms with Gasteiger partial charge in [-0.2, -0.15) is 13.2 Å². The molecular formula is C21H24F4N4O5. The minimum Gasteiger partial charge on any atom is -0.475 e. The van der Waals surface area contributed by atoms with Crippen molar-refractivity contribution in [1.29, 1.82) is 0 Å². The van der Waals surface area contributed by atoms with Crippen LogP contribution in [-0.2, 0) is 14.4 Å². The van der Waals surface area contributed by atoms with Gasteiger partial charge < -0.3 is 20.6 Å². The molecule has 1 spiro atoms. The molecule has 9 nitrogen and oxygen atoms in total. The van der Waals surface area contributed by atoms with E-state index in [4.69, 9.17) is 9.90 Å². The number of piperidine rings is 2. The highest BCUT2D eigenvalue weighted by Crippen LogP contribution is 2.41. The SMILES string of the molecule is O=C(O)C(F)(F)F.O=C1CCC(NC(=O)c2ccc(N3CC4(CCNCC4)C3)cc2F)C(=O)N1. The predicted octanol–water partition coefficient (Wildman–Crippen LogP) is 1.18. The van der Waals surface area contributed by atoms with Gasteiger partial charge in [0.15, 0.2) is 0 Å². The number of carboxylic acids is 1. The molecule has 1 aromatic carbocycles. The summed E-state index contributed by atoms with van der Waals surface area (Å²) < 4.78 is 46.3. The molecule has 0 saturated carbocycles. The first kappa shape index (κ1) is 25.4. The fourth-order valence-corrected chi connectivity index (χ4v) is 4.17. The summed E-state index contributed by atoms with van der Waals surface area (Å²) in [5, 5.41) is 15.2. The Bertz CT molecular complexity index is 970. The number of aliphatic carboxylic acids is 1. The Morgan fingerprint density at radius 3 is 2.29 bits per heavy atom. The van der Waals surface area contributed by atoms with Crippen LogP contribution in [0.5, 0.6) is 0 Å². The number of amides is 3. The highest BCUT2D eigenvalue weighted by Gasteiger charge is 2.43. The zero-order valence-corrected chi connectivity index (χ0v) is 18.0. The summed E-state index contributed by atoms with van der Waals surface area (Å²) in [6, 6.07) is 3.77. The number of nitrogens with zero attached hydrogens (tertiary/aromatic N) is 1. The largest absolute Gasteiger partial charge is 0.490 e. The summed E-state index contributed by atoms with van der Waals surface area (Å²) in [4.78, 5) is 46.3. The molecule has 0 radical (unpaired) electrons. The van der Waals surface area contributed by atoms with Gasteiger partial charge in [0.1, 0.15) is 11.9 Å². The molecular weight excluding hydrogens is 464 g/mol. The topological polar surface area (TPSA) is 128 Å². The number of anilines is 1. The van der Waals surface area contributed by atoms with Crippen molar-refractivity contribution < 1.29 is 41.8 Å². The summed E-state index contributed by atoms with van der Waals surface area (Å²) in [6.45, 7) is 3.88. The van der Waals surface area contributed by atoms with E-state index in [9.17, 15) is 31.9 Å². The summed E-state index contributed by atoms with van der Waals surface area (Å²) >= 11 is 0. The first-order valence-electron chi connectivity index (χ1n) is 10.6. The molecule has 3 fully saturated rings. The molecule has 3 aliphatic heterocycles. The van der Waals surface area contributed by atoms with Crippen molar-refractivity contribution in [2.75, 3.05) is 31.1 Å². The first-order chi connectivity index (χ1) is 15.9. The fraction of sp³-hybridized carbons (Fsp3) is 0.524. The molecule has 4 rings (SSSR count). The molecule has 0 aromatic heterocycles. The van der Waals surface area contributed by atoms with Crippen LogP contribution in [0.3, 0.4) is 0 Å². The van der Waals surface area contributed by atoms with Crippen molar-refractivity contribution in [2.45, 2.75) is 37.9 Å². The van der Waals surface area contributed by atoms with E-state index in [-0.39, 0.29) is 24.3 Å². The number of imide groups is 1. The fourth-order valence-electron chi connectivity index (χ4n) is 4.17. The molecule has 34 heavy (non-hydrogen) atoms. The molecule has 186 valence electrons. The second kappa shape index (κ2) is 9.95. The smallest absolute Gasteiger partial charge is 0.475 e. The normalized spacial score (nSPS) is 21.6.